The van der Waals surface area contributed by atoms with Gasteiger partial charge in [0, 0.05) is 7.05 Å². The highest BCUT2D eigenvalue weighted by Crippen LogP contribution is 2.15. The molecule has 0 bridgehead atoms. The normalized spacial score (nSPS) is 11.8. The zero-order chi connectivity index (χ0) is 13.3. The largest absolute Gasteiger partial charge is 0.299 e. The average molecular weight is 272 g/mol. The number of H-pyrrole nitrogens is 1. The van der Waals surface area contributed by atoms with Crippen LogP contribution >= 0.6 is 12.2 Å². The third-order valence-electron chi connectivity index (χ3n) is 2.21. The van der Waals surface area contributed by atoms with Crippen LogP contribution in [0.1, 0.15) is 23.6 Å². The van der Waals surface area contributed by atoms with E-state index in [0.29, 0.717) is 5.69 Å². The lowest BCUT2D eigenvalue weighted by atomic mass is 10.4. The molecule has 2 rings (SSSR count). The van der Waals surface area contributed by atoms with E-state index in [-0.39, 0.29) is 4.77 Å². The molecular formula is C9H10F2N6S. The van der Waals surface area contributed by atoms with E-state index in [2.05, 4.69) is 20.4 Å². The van der Waals surface area contributed by atoms with Crippen molar-refractivity contribution in [3.8, 4) is 0 Å². The summed E-state index contributed by atoms with van der Waals surface area (Å²) in [5.41, 5.74) is 1.49. The van der Waals surface area contributed by atoms with Gasteiger partial charge in [0.2, 0.25) is 10.6 Å². The summed E-state index contributed by atoms with van der Waals surface area (Å²) in [6, 6.07) is 1.77. The quantitative estimate of drug-likeness (QED) is 0.684. The third kappa shape index (κ3) is 2.35. The smallest absolute Gasteiger partial charge is 0.267 e. The predicted molar refractivity (Wildman–Crippen MR) is 63.3 cm³/mol. The summed E-state index contributed by atoms with van der Waals surface area (Å²) in [6.07, 6.45) is -1.35. The summed E-state index contributed by atoms with van der Waals surface area (Å²) >= 11 is 4.82. The summed E-state index contributed by atoms with van der Waals surface area (Å²) in [6.45, 7) is 1.82. The second kappa shape index (κ2) is 4.77. The molecular weight excluding hydrogens is 262 g/mol. The van der Waals surface area contributed by atoms with Gasteiger partial charge in [-0.25, -0.2) is 13.9 Å². The average Bonchev–Trinajstić information content (AvgIpc) is 2.79. The van der Waals surface area contributed by atoms with E-state index < -0.39 is 12.2 Å². The molecule has 0 radical (unpaired) electrons. The van der Waals surface area contributed by atoms with Crippen molar-refractivity contribution >= 4 is 18.4 Å². The van der Waals surface area contributed by atoms with Crippen LogP contribution in [0.5, 0.6) is 0 Å². The summed E-state index contributed by atoms with van der Waals surface area (Å²) in [4.78, 5) is 0. The first-order valence-electron chi connectivity index (χ1n) is 4.99. The molecule has 18 heavy (non-hydrogen) atoms. The molecule has 0 aliphatic rings. The summed E-state index contributed by atoms with van der Waals surface area (Å²) in [7, 11) is 1.73. The second-order valence-electron chi connectivity index (χ2n) is 3.58. The Morgan fingerprint density at radius 3 is 2.83 bits per heavy atom. The molecule has 2 heterocycles. The molecule has 0 saturated heterocycles. The molecule has 0 aliphatic carbocycles. The predicted octanol–water partition coefficient (Wildman–Crippen LogP) is 1.80. The van der Waals surface area contributed by atoms with Crippen LogP contribution in [0.25, 0.3) is 0 Å². The minimum atomic E-state index is -2.75. The van der Waals surface area contributed by atoms with Crippen molar-refractivity contribution in [2.75, 3.05) is 0 Å². The van der Waals surface area contributed by atoms with Gasteiger partial charge in [-0.05, 0) is 25.2 Å². The van der Waals surface area contributed by atoms with Gasteiger partial charge in [-0.2, -0.15) is 20.0 Å². The first-order valence-corrected chi connectivity index (χ1v) is 5.40. The van der Waals surface area contributed by atoms with Crippen LogP contribution in [0.2, 0.25) is 0 Å². The van der Waals surface area contributed by atoms with E-state index in [9.17, 15) is 8.78 Å². The van der Waals surface area contributed by atoms with E-state index in [1.807, 2.05) is 6.92 Å². The maximum Gasteiger partial charge on any atom is 0.299 e. The molecule has 0 amide bonds. The molecule has 0 saturated carbocycles. The fraction of sp³-hybridized carbons (Fsp3) is 0.333. The van der Waals surface area contributed by atoms with Crippen LogP contribution in [0.15, 0.2) is 11.2 Å². The van der Waals surface area contributed by atoms with Crippen molar-refractivity contribution < 1.29 is 8.78 Å². The van der Waals surface area contributed by atoms with Crippen LogP contribution in [-0.4, -0.2) is 30.9 Å². The lowest BCUT2D eigenvalue weighted by molar-refractivity contribution is 0.136. The molecule has 0 atom stereocenters. The number of nitrogens with one attached hydrogen (secondary N) is 1. The lowest BCUT2D eigenvalue weighted by Gasteiger charge is -1.98. The van der Waals surface area contributed by atoms with E-state index >= 15 is 0 Å². The Labute approximate surface area is 106 Å². The Hall–Kier alpha value is -1.90. The fourth-order valence-electron chi connectivity index (χ4n) is 1.43. The van der Waals surface area contributed by atoms with Gasteiger partial charge < -0.3 is 0 Å². The molecule has 6 nitrogen and oxygen atoms in total. The van der Waals surface area contributed by atoms with Gasteiger partial charge in [-0.3, -0.25) is 4.68 Å². The van der Waals surface area contributed by atoms with E-state index in [1.54, 1.807) is 17.8 Å². The molecule has 9 heteroatoms. The Kier molecular flexibility index (Phi) is 3.32. The minimum Gasteiger partial charge on any atom is -0.267 e. The number of aromatic nitrogens is 5. The fourth-order valence-corrected chi connectivity index (χ4v) is 1.61. The van der Waals surface area contributed by atoms with Crippen molar-refractivity contribution in [2.45, 2.75) is 13.3 Å². The molecule has 0 aliphatic heterocycles. The van der Waals surface area contributed by atoms with Crippen LogP contribution in [-0.2, 0) is 7.05 Å². The first-order chi connectivity index (χ1) is 8.49. The molecule has 96 valence electrons. The van der Waals surface area contributed by atoms with Crippen molar-refractivity contribution in [3.63, 3.8) is 0 Å². The van der Waals surface area contributed by atoms with Crippen LogP contribution in [0, 0.1) is 11.7 Å². The molecule has 0 fully saturated rings. The Morgan fingerprint density at radius 1 is 1.56 bits per heavy atom. The van der Waals surface area contributed by atoms with Crippen LogP contribution in [0.3, 0.4) is 0 Å². The van der Waals surface area contributed by atoms with Crippen molar-refractivity contribution in [1.29, 1.82) is 0 Å². The molecule has 0 aromatic carbocycles. The van der Waals surface area contributed by atoms with Crippen LogP contribution in [0.4, 0.5) is 8.78 Å². The highest BCUT2D eigenvalue weighted by atomic mass is 32.1. The van der Waals surface area contributed by atoms with Gasteiger partial charge in [0.1, 0.15) is 0 Å². The maximum atomic E-state index is 12.6. The number of aromatic amines is 1. The molecule has 2 aromatic heterocycles. The Balaban J connectivity index is 2.37. The highest BCUT2D eigenvalue weighted by Gasteiger charge is 2.16. The number of alkyl halides is 2. The van der Waals surface area contributed by atoms with Gasteiger partial charge in [-0.15, -0.1) is 0 Å². The standard InChI is InChI=1S/C9H10F2N6S/c1-5-3-6(16(2)15-5)4-12-17-8(7(10)11)13-14-9(17)18/h3-4,7H,1-2H3,(H,14,18)/b12-4-. The summed E-state index contributed by atoms with van der Waals surface area (Å²) < 4.78 is 27.7. The van der Waals surface area contributed by atoms with Gasteiger partial charge in [-0.1, -0.05) is 0 Å². The number of aryl methyl sites for hydroxylation is 2. The highest BCUT2D eigenvalue weighted by molar-refractivity contribution is 7.71. The zero-order valence-corrected chi connectivity index (χ0v) is 10.4. The van der Waals surface area contributed by atoms with Gasteiger partial charge in [0.25, 0.3) is 6.43 Å². The van der Waals surface area contributed by atoms with Gasteiger partial charge in [0.15, 0.2) is 0 Å². The second-order valence-corrected chi connectivity index (χ2v) is 3.96. The minimum absolute atomic E-state index is 0.0143. The monoisotopic (exact) mass is 272 g/mol. The third-order valence-corrected chi connectivity index (χ3v) is 2.48. The Morgan fingerprint density at radius 2 is 2.28 bits per heavy atom. The molecule has 0 spiro atoms. The van der Waals surface area contributed by atoms with Gasteiger partial charge in [0.05, 0.1) is 17.6 Å². The molecule has 1 N–H and O–H groups in total. The lowest BCUT2D eigenvalue weighted by Crippen LogP contribution is -2.02. The number of nitrogens with zero attached hydrogens (tertiary/aromatic N) is 5. The van der Waals surface area contributed by atoms with Crippen molar-refractivity contribution in [3.05, 3.63) is 28.0 Å². The number of hydrogen-bond acceptors (Lipinski definition) is 4. The van der Waals surface area contributed by atoms with Crippen LogP contribution < -0.4 is 0 Å². The SMILES string of the molecule is Cc1cc(/C=N\n2c(C(F)F)n[nH]c2=S)n(C)n1. The Bertz CT molecular complexity index is 638. The van der Waals surface area contributed by atoms with E-state index in [4.69, 9.17) is 12.2 Å². The maximum absolute atomic E-state index is 12.6. The van der Waals surface area contributed by atoms with Gasteiger partial charge >= 0.3 is 0 Å². The molecule has 2 aromatic rings. The van der Waals surface area contributed by atoms with E-state index in [0.717, 1.165) is 10.4 Å². The van der Waals surface area contributed by atoms with E-state index in [1.165, 1.54) is 6.21 Å². The summed E-state index contributed by atoms with van der Waals surface area (Å²) in [5, 5.41) is 13.7. The number of halogens is 2. The zero-order valence-electron chi connectivity index (χ0n) is 9.63. The van der Waals surface area contributed by atoms with Crippen molar-refractivity contribution in [2.24, 2.45) is 12.1 Å². The number of hydrogen-bond donors (Lipinski definition) is 1. The summed E-state index contributed by atoms with van der Waals surface area (Å²) in [5.74, 6) is -0.518. The number of rotatable bonds is 3. The van der Waals surface area contributed by atoms with Crippen molar-refractivity contribution in [1.82, 2.24) is 24.7 Å². The first kappa shape index (κ1) is 12.6. The topological polar surface area (TPSA) is 63.8 Å². The molecule has 0 unspecified atom stereocenters.